The van der Waals surface area contributed by atoms with E-state index in [1.807, 2.05) is 0 Å². The Morgan fingerprint density at radius 3 is 2.07 bits per heavy atom. The number of halogens is 1. The van der Waals surface area contributed by atoms with Crippen LogP contribution in [0.4, 0.5) is 0 Å². The number of benzene rings is 1. The number of hydrogen-bond acceptors (Lipinski definition) is 3. The van der Waals surface area contributed by atoms with Gasteiger partial charge < -0.3 is 4.74 Å². The van der Waals surface area contributed by atoms with Crippen LogP contribution >= 0.6 is 10.7 Å². The summed E-state index contributed by atoms with van der Waals surface area (Å²) in [5.74, 6) is 0.319. The van der Waals surface area contributed by atoms with Gasteiger partial charge in [0.15, 0.2) is 0 Å². The molecule has 0 fully saturated rings. The van der Waals surface area contributed by atoms with Gasteiger partial charge in [0.25, 0.3) is 9.05 Å². The van der Waals surface area contributed by atoms with Gasteiger partial charge in [-0.2, -0.15) is 0 Å². The molecule has 0 aromatic heterocycles. The van der Waals surface area contributed by atoms with Crippen LogP contribution in [0, 0.1) is 13.8 Å². The monoisotopic (exact) mass is 234 g/mol. The Kier molecular flexibility index (Phi) is 3.07. The molecule has 0 saturated heterocycles. The van der Waals surface area contributed by atoms with Gasteiger partial charge in [-0.05, 0) is 25.0 Å². The van der Waals surface area contributed by atoms with E-state index in [0.29, 0.717) is 11.3 Å². The summed E-state index contributed by atoms with van der Waals surface area (Å²) in [5, 5.41) is 0. The minimum absolute atomic E-state index is 0.0571. The van der Waals surface area contributed by atoms with Gasteiger partial charge in [-0.1, -0.05) is 12.1 Å². The van der Waals surface area contributed by atoms with Gasteiger partial charge >= 0.3 is 0 Å². The van der Waals surface area contributed by atoms with Crippen molar-refractivity contribution in [2.45, 2.75) is 18.7 Å². The number of hydrogen-bond donors (Lipinski definition) is 0. The number of rotatable bonds is 2. The summed E-state index contributed by atoms with van der Waals surface area (Å²) in [4.78, 5) is 0.0571. The van der Waals surface area contributed by atoms with Crippen molar-refractivity contribution in [1.29, 1.82) is 0 Å². The third-order valence-corrected chi connectivity index (χ3v) is 3.41. The van der Waals surface area contributed by atoms with Crippen molar-refractivity contribution in [3.63, 3.8) is 0 Å². The van der Waals surface area contributed by atoms with Crippen molar-refractivity contribution in [3.8, 4) is 5.75 Å². The van der Waals surface area contributed by atoms with Crippen molar-refractivity contribution in [2.24, 2.45) is 0 Å². The van der Waals surface area contributed by atoms with Crippen LogP contribution in [-0.2, 0) is 9.05 Å². The second-order valence-electron chi connectivity index (χ2n) is 3.00. The molecule has 0 atom stereocenters. The van der Waals surface area contributed by atoms with E-state index in [0.717, 1.165) is 5.56 Å². The molecule has 0 spiro atoms. The first-order valence-corrected chi connectivity index (χ1v) is 6.27. The number of ether oxygens (including phenoxy) is 1. The van der Waals surface area contributed by atoms with Crippen LogP contribution in [0.5, 0.6) is 5.75 Å². The predicted octanol–water partition coefficient (Wildman–Crippen LogP) is 2.24. The molecule has 1 rings (SSSR count). The first kappa shape index (κ1) is 11.3. The molecule has 0 saturated carbocycles. The molecule has 1 aromatic rings. The highest BCUT2D eigenvalue weighted by Crippen LogP contribution is 2.32. The van der Waals surface area contributed by atoms with Crippen LogP contribution in [0.1, 0.15) is 11.1 Å². The van der Waals surface area contributed by atoms with E-state index in [1.165, 1.54) is 7.11 Å². The van der Waals surface area contributed by atoms with E-state index in [-0.39, 0.29) is 4.90 Å². The van der Waals surface area contributed by atoms with Crippen molar-refractivity contribution in [2.75, 3.05) is 7.11 Å². The van der Waals surface area contributed by atoms with E-state index in [4.69, 9.17) is 15.4 Å². The Hall–Kier alpha value is -0.740. The van der Waals surface area contributed by atoms with Gasteiger partial charge in [-0.15, -0.1) is 0 Å². The van der Waals surface area contributed by atoms with Crippen molar-refractivity contribution >= 4 is 19.7 Å². The molecule has 78 valence electrons. The summed E-state index contributed by atoms with van der Waals surface area (Å²) in [5.41, 5.74) is 1.33. The molecule has 0 aliphatic heterocycles. The van der Waals surface area contributed by atoms with Crippen molar-refractivity contribution < 1.29 is 13.2 Å². The van der Waals surface area contributed by atoms with Gasteiger partial charge in [-0.3, -0.25) is 0 Å². The Bertz CT molecular complexity index is 451. The first-order valence-electron chi connectivity index (χ1n) is 3.96. The van der Waals surface area contributed by atoms with E-state index < -0.39 is 9.05 Å². The van der Waals surface area contributed by atoms with E-state index in [9.17, 15) is 8.42 Å². The molecule has 0 aliphatic rings. The lowest BCUT2D eigenvalue weighted by atomic mass is 10.1. The maximum absolute atomic E-state index is 11.3. The molecular weight excluding hydrogens is 224 g/mol. The third-order valence-electron chi connectivity index (χ3n) is 1.95. The lowest BCUT2D eigenvalue weighted by Crippen LogP contribution is -2.00. The topological polar surface area (TPSA) is 43.4 Å². The summed E-state index contributed by atoms with van der Waals surface area (Å²) in [6.07, 6.45) is 0. The second kappa shape index (κ2) is 3.79. The van der Waals surface area contributed by atoms with Crippen LogP contribution in [0.15, 0.2) is 17.0 Å². The average Bonchev–Trinajstić information content (AvgIpc) is 2.06. The lowest BCUT2D eigenvalue weighted by molar-refractivity contribution is 0.399. The quantitative estimate of drug-likeness (QED) is 0.738. The normalized spacial score (nSPS) is 11.4. The first-order chi connectivity index (χ1) is 6.38. The van der Waals surface area contributed by atoms with E-state index in [1.54, 1.807) is 26.0 Å². The summed E-state index contributed by atoms with van der Waals surface area (Å²) in [7, 11) is 2.98. The van der Waals surface area contributed by atoms with Gasteiger partial charge in [0.1, 0.15) is 10.6 Å². The Balaban J connectivity index is 3.63. The fourth-order valence-electron chi connectivity index (χ4n) is 1.32. The van der Waals surface area contributed by atoms with Gasteiger partial charge in [-0.25, -0.2) is 8.42 Å². The maximum Gasteiger partial charge on any atom is 0.265 e. The van der Waals surface area contributed by atoms with Crippen LogP contribution < -0.4 is 4.74 Å². The third kappa shape index (κ3) is 2.01. The molecule has 0 bridgehead atoms. The SMILES string of the molecule is COc1c(C)ccc(C)c1S(=O)(=O)Cl. The summed E-state index contributed by atoms with van der Waals surface area (Å²) >= 11 is 0. The molecule has 0 amide bonds. The highest BCUT2D eigenvalue weighted by molar-refractivity contribution is 8.13. The van der Waals surface area contributed by atoms with Gasteiger partial charge in [0.05, 0.1) is 7.11 Å². The Morgan fingerprint density at radius 2 is 1.71 bits per heavy atom. The Labute approximate surface area is 88.1 Å². The highest BCUT2D eigenvalue weighted by Gasteiger charge is 2.20. The van der Waals surface area contributed by atoms with E-state index >= 15 is 0 Å². The van der Waals surface area contributed by atoms with Gasteiger partial charge in [0, 0.05) is 10.7 Å². The maximum atomic E-state index is 11.3. The molecule has 14 heavy (non-hydrogen) atoms. The Morgan fingerprint density at radius 1 is 1.21 bits per heavy atom. The standard InChI is InChI=1S/C9H11ClO3S/c1-6-4-5-7(2)9(8(6)13-3)14(10,11)12/h4-5H,1-3H3. The molecule has 0 N–H and O–H groups in total. The van der Waals surface area contributed by atoms with Crippen molar-refractivity contribution in [1.82, 2.24) is 0 Å². The summed E-state index contributed by atoms with van der Waals surface area (Å²) < 4.78 is 27.6. The summed E-state index contributed by atoms with van der Waals surface area (Å²) in [6, 6.07) is 3.49. The smallest absolute Gasteiger partial charge is 0.265 e. The molecular formula is C9H11ClO3S. The lowest BCUT2D eigenvalue weighted by Gasteiger charge is -2.11. The average molecular weight is 235 g/mol. The minimum Gasteiger partial charge on any atom is -0.495 e. The zero-order chi connectivity index (χ0) is 10.9. The van der Waals surface area contributed by atoms with E-state index in [2.05, 4.69) is 0 Å². The van der Waals surface area contributed by atoms with Crippen LogP contribution in [0.2, 0.25) is 0 Å². The number of aryl methyl sites for hydroxylation is 2. The van der Waals surface area contributed by atoms with Crippen LogP contribution in [0.25, 0.3) is 0 Å². The molecule has 5 heteroatoms. The molecule has 0 radical (unpaired) electrons. The molecule has 0 heterocycles. The van der Waals surface area contributed by atoms with Crippen LogP contribution in [0.3, 0.4) is 0 Å². The van der Waals surface area contributed by atoms with Gasteiger partial charge in [0.2, 0.25) is 0 Å². The fraction of sp³-hybridized carbons (Fsp3) is 0.333. The molecule has 3 nitrogen and oxygen atoms in total. The number of methoxy groups -OCH3 is 1. The summed E-state index contributed by atoms with van der Waals surface area (Å²) in [6.45, 7) is 3.45. The molecule has 0 unspecified atom stereocenters. The zero-order valence-electron chi connectivity index (χ0n) is 8.17. The highest BCUT2D eigenvalue weighted by atomic mass is 35.7. The largest absolute Gasteiger partial charge is 0.495 e. The van der Waals surface area contributed by atoms with Crippen molar-refractivity contribution in [3.05, 3.63) is 23.3 Å². The zero-order valence-corrected chi connectivity index (χ0v) is 9.74. The van der Waals surface area contributed by atoms with Crippen LogP contribution in [-0.4, -0.2) is 15.5 Å². The fourth-order valence-corrected chi connectivity index (χ4v) is 2.81. The molecule has 1 aromatic carbocycles. The predicted molar refractivity (Wildman–Crippen MR) is 55.5 cm³/mol. The second-order valence-corrected chi connectivity index (χ2v) is 5.50. The minimum atomic E-state index is -3.75. The molecule has 0 aliphatic carbocycles.